The van der Waals surface area contributed by atoms with Crippen LogP contribution in [-0.2, 0) is 12.8 Å². The zero-order valence-corrected chi connectivity index (χ0v) is 12.9. The van der Waals surface area contributed by atoms with Crippen LogP contribution in [0.3, 0.4) is 0 Å². The van der Waals surface area contributed by atoms with Gasteiger partial charge < -0.3 is 5.73 Å². The normalized spacial score (nSPS) is 12.4. The molecule has 0 saturated carbocycles. The number of nitrogens with two attached hydrogens (primary N) is 1. The minimum absolute atomic E-state index is 0.160. The summed E-state index contributed by atoms with van der Waals surface area (Å²) in [6.07, 6.45) is 3.53. The van der Waals surface area contributed by atoms with Crippen LogP contribution in [0.15, 0.2) is 36.5 Å². The van der Waals surface area contributed by atoms with Crippen molar-refractivity contribution in [2.45, 2.75) is 25.8 Å². The maximum absolute atomic E-state index is 13.1. The lowest BCUT2D eigenvalue weighted by Gasteiger charge is -2.13. The predicted octanol–water partition coefficient (Wildman–Crippen LogP) is 3.63. The summed E-state index contributed by atoms with van der Waals surface area (Å²) in [6, 6.07) is 8.63. The van der Waals surface area contributed by atoms with Crippen molar-refractivity contribution in [3.05, 3.63) is 62.7 Å². The van der Waals surface area contributed by atoms with Crippen LogP contribution < -0.4 is 5.73 Å². The molecule has 0 aliphatic heterocycles. The van der Waals surface area contributed by atoms with Crippen LogP contribution in [0.25, 0.3) is 0 Å². The Hall–Kier alpha value is -1.01. The number of hydrogen-bond acceptors (Lipinski definition) is 2. The standard InChI is InChI=1S/C15H16FIN2/c1-2-10-3-5-12(19-9-10)8-15(18)13-6-4-11(16)7-14(13)17/h3-7,9,15H,2,8,18H2,1H3. The average Bonchev–Trinajstić information content (AvgIpc) is 2.39. The molecule has 19 heavy (non-hydrogen) atoms. The molecule has 0 aliphatic carbocycles. The van der Waals surface area contributed by atoms with Gasteiger partial charge in [-0.15, -0.1) is 0 Å². The lowest BCUT2D eigenvalue weighted by Crippen LogP contribution is -2.15. The molecule has 1 atom stereocenters. The first-order valence-electron chi connectivity index (χ1n) is 6.24. The average molecular weight is 370 g/mol. The Bertz CT molecular complexity index is 555. The summed E-state index contributed by atoms with van der Waals surface area (Å²) in [4.78, 5) is 4.41. The van der Waals surface area contributed by atoms with Gasteiger partial charge in [0, 0.05) is 27.9 Å². The van der Waals surface area contributed by atoms with Gasteiger partial charge in [0.25, 0.3) is 0 Å². The minimum Gasteiger partial charge on any atom is -0.324 e. The molecule has 2 N–H and O–H groups in total. The summed E-state index contributed by atoms with van der Waals surface area (Å²) in [5, 5.41) is 0. The van der Waals surface area contributed by atoms with Gasteiger partial charge in [0.2, 0.25) is 0 Å². The molecule has 0 radical (unpaired) electrons. The lowest BCUT2D eigenvalue weighted by atomic mass is 10.0. The van der Waals surface area contributed by atoms with E-state index in [1.54, 1.807) is 6.07 Å². The second kappa shape index (κ2) is 6.43. The highest BCUT2D eigenvalue weighted by molar-refractivity contribution is 14.1. The molecule has 4 heteroatoms. The van der Waals surface area contributed by atoms with Crippen LogP contribution in [0.2, 0.25) is 0 Å². The first kappa shape index (κ1) is 14.4. The zero-order valence-electron chi connectivity index (χ0n) is 10.7. The molecule has 1 heterocycles. The fourth-order valence-corrected chi connectivity index (χ4v) is 2.80. The third-order valence-corrected chi connectivity index (χ3v) is 4.02. The van der Waals surface area contributed by atoms with Crippen molar-refractivity contribution in [2.24, 2.45) is 5.73 Å². The van der Waals surface area contributed by atoms with Gasteiger partial charge >= 0.3 is 0 Å². The van der Waals surface area contributed by atoms with Gasteiger partial charge in [0.05, 0.1) is 0 Å². The van der Waals surface area contributed by atoms with E-state index in [-0.39, 0.29) is 11.9 Å². The fourth-order valence-electron chi connectivity index (χ4n) is 1.92. The molecule has 0 aliphatic rings. The van der Waals surface area contributed by atoms with Crippen LogP contribution in [0, 0.1) is 9.39 Å². The van der Waals surface area contributed by atoms with Crippen molar-refractivity contribution in [2.75, 3.05) is 0 Å². The summed E-state index contributed by atoms with van der Waals surface area (Å²) < 4.78 is 13.9. The van der Waals surface area contributed by atoms with Crippen molar-refractivity contribution >= 4 is 22.6 Å². The number of aromatic nitrogens is 1. The summed E-state index contributed by atoms with van der Waals surface area (Å²) in [6.45, 7) is 2.10. The maximum Gasteiger partial charge on any atom is 0.124 e. The molecule has 1 aromatic carbocycles. The topological polar surface area (TPSA) is 38.9 Å². The highest BCUT2D eigenvalue weighted by Crippen LogP contribution is 2.22. The third kappa shape index (κ3) is 3.73. The molecule has 0 spiro atoms. The van der Waals surface area contributed by atoms with Crippen molar-refractivity contribution in [3.8, 4) is 0 Å². The Kier molecular flexibility index (Phi) is 4.87. The molecular weight excluding hydrogens is 354 g/mol. The zero-order chi connectivity index (χ0) is 13.8. The van der Waals surface area contributed by atoms with Gasteiger partial charge in [-0.1, -0.05) is 19.1 Å². The van der Waals surface area contributed by atoms with E-state index in [1.165, 1.54) is 17.7 Å². The van der Waals surface area contributed by atoms with E-state index in [4.69, 9.17) is 5.73 Å². The third-order valence-electron chi connectivity index (χ3n) is 3.09. The second-order valence-corrected chi connectivity index (χ2v) is 5.65. The molecule has 1 unspecified atom stereocenters. The molecule has 0 bridgehead atoms. The Morgan fingerprint density at radius 3 is 2.68 bits per heavy atom. The summed E-state index contributed by atoms with van der Waals surface area (Å²) in [7, 11) is 0. The van der Waals surface area contributed by atoms with E-state index in [0.717, 1.165) is 21.2 Å². The van der Waals surface area contributed by atoms with Gasteiger partial charge in [0.1, 0.15) is 5.82 Å². The number of halogens is 2. The fraction of sp³-hybridized carbons (Fsp3) is 0.267. The van der Waals surface area contributed by atoms with E-state index in [2.05, 4.69) is 40.6 Å². The highest BCUT2D eigenvalue weighted by atomic mass is 127. The van der Waals surface area contributed by atoms with Gasteiger partial charge in [-0.05, 0) is 58.3 Å². The molecule has 1 aromatic heterocycles. The minimum atomic E-state index is -0.231. The lowest BCUT2D eigenvalue weighted by molar-refractivity contribution is 0.622. The smallest absolute Gasteiger partial charge is 0.124 e. The Morgan fingerprint density at radius 2 is 2.11 bits per heavy atom. The number of hydrogen-bond donors (Lipinski definition) is 1. The number of aryl methyl sites for hydroxylation is 1. The van der Waals surface area contributed by atoms with E-state index in [9.17, 15) is 4.39 Å². The summed E-state index contributed by atoms with van der Waals surface area (Å²) >= 11 is 2.11. The second-order valence-electron chi connectivity index (χ2n) is 4.49. The van der Waals surface area contributed by atoms with Crippen LogP contribution in [0.1, 0.15) is 29.8 Å². The molecule has 2 rings (SSSR count). The van der Waals surface area contributed by atoms with E-state index < -0.39 is 0 Å². The number of rotatable bonds is 4. The largest absolute Gasteiger partial charge is 0.324 e. The Labute approximate surface area is 126 Å². The van der Waals surface area contributed by atoms with Gasteiger partial charge in [-0.2, -0.15) is 0 Å². The predicted molar refractivity (Wildman–Crippen MR) is 83.4 cm³/mol. The van der Waals surface area contributed by atoms with E-state index >= 15 is 0 Å². The first-order valence-corrected chi connectivity index (χ1v) is 7.32. The highest BCUT2D eigenvalue weighted by Gasteiger charge is 2.12. The van der Waals surface area contributed by atoms with Crippen LogP contribution in [0.5, 0.6) is 0 Å². The molecule has 2 aromatic rings. The molecular formula is C15H16FIN2. The molecule has 0 saturated heterocycles. The van der Waals surface area contributed by atoms with Crippen molar-refractivity contribution in [1.29, 1.82) is 0 Å². The Morgan fingerprint density at radius 1 is 1.32 bits per heavy atom. The van der Waals surface area contributed by atoms with Crippen LogP contribution >= 0.6 is 22.6 Å². The quantitative estimate of drug-likeness (QED) is 0.835. The van der Waals surface area contributed by atoms with Crippen molar-refractivity contribution in [3.63, 3.8) is 0 Å². The number of pyridine rings is 1. The SMILES string of the molecule is CCc1ccc(CC(N)c2ccc(F)cc2I)nc1. The van der Waals surface area contributed by atoms with E-state index in [0.29, 0.717) is 6.42 Å². The summed E-state index contributed by atoms with van der Waals surface area (Å²) in [5.74, 6) is -0.231. The van der Waals surface area contributed by atoms with Gasteiger partial charge in [-0.25, -0.2) is 4.39 Å². The van der Waals surface area contributed by atoms with Gasteiger partial charge in [0.15, 0.2) is 0 Å². The van der Waals surface area contributed by atoms with Crippen LogP contribution in [0.4, 0.5) is 4.39 Å². The van der Waals surface area contributed by atoms with Crippen molar-refractivity contribution < 1.29 is 4.39 Å². The van der Waals surface area contributed by atoms with E-state index in [1.807, 2.05) is 12.3 Å². The summed E-state index contributed by atoms with van der Waals surface area (Å²) in [5.41, 5.74) is 9.32. The molecule has 2 nitrogen and oxygen atoms in total. The monoisotopic (exact) mass is 370 g/mol. The number of benzene rings is 1. The number of nitrogens with zero attached hydrogens (tertiary/aromatic N) is 1. The Balaban J connectivity index is 2.13. The maximum atomic E-state index is 13.1. The first-order chi connectivity index (χ1) is 9.10. The molecule has 0 fully saturated rings. The van der Waals surface area contributed by atoms with Gasteiger partial charge in [-0.3, -0.25) is 4.98 Å². The van der Waals surface area contributed by atoms with Crippen molar-refractivity contribution in [1.82, 2.24) is 4.98 Å². The molecule has 100 valence electrons. The van der Waals surface area contributed by atoms with Crippen LogP contribution in [-0.4, -0.2) is 4.98 Å². The molecule has 0 amide bonds.